The van der Waals surface area contributed by atoms with E-state index >= 15 is 0 Å². The summed E-state index contributed by atoms with van der Waals surface area (Å²) in [5.41, 5.74) is 1.60. The van der Waals surface area contributed by atoms with Crippen molar-refractivity contribution in [2.45, 2.75) is 25.3 Å². The van der Waals surface area contributed by atoms with Gasteiger partial charge in [0.05, 0.1) is 18.4 Å². The molecule has 1 fully saturated rings. The highest BCUT2D eigenvalue weighted by Gasteiger charge is 2.19. The maximum absolute atomic E-state index is 12.6. The summed E-state index contributed by atoms with van der Waals surface area (Å²) in [6.07, 6.45) is 2.51. The molecule has 0 aliphatic carbocycles. The SMILES string of the molecule is COc1ccc(NC(=O)c2ccccc2NC(=O)CC2CCCN2)cc1.Cl. The molecule has 0 aromatic heterocycles. The smallest absolute Gasteiger partial charge is 0.257 e. The van der Waals surface area contributed by atoms with Crippen molar-refractivity contribution in [3.8, 4) is 5.75 Å². The Labute approximate surface area is 165 Å². The first-order chi connectivity index (χ1) is 12.7. The number of hydrogen-bond acceptors (Lipinski definition) is 4. The van der Waals surface area contributed by atoms with Crippen molar-refractivity contribution in [2.75, 3.05) is 24.3 Å². The number of methoxy groups -OCH3 is 1. The van der Waals surface area contributed by atoms with Crippen LogP contribution in [-0.2, 0) is 4.79 Å². The van der Waals surface area contributed by atoms with Gasteiger partial charge in [0.2, 0.25) is 5.91 Å². The third-order valence-corrected chi connectivity index (χ3v) is 4.39. The minimum atomic E-state index is -0.273. The second-order valence-corrected chi connectivity index (χ2v) is 6.27. The second-order valence-electron chi connectivity index (χ2n) is 6.27. The van der Waals surface area contributed by atoms with E-state index in [1.807, 2.05) is 0 Å². The van der Waals surface area contributed by atoms with Crippen LogP contribution in [0.15, 0.2) is 48.5 Å². The number of rotatable bonds is 6. The molecule has 144 valence electrons. The van der Waals surface area contributed by atoms with E-state index in [-0.39, 0.29) is 30.3 Å². The molecule has 2 aromatic rings. The summed E-state index contributed by atoms with van der Waals surface area (Å²) < 4.78 is 5.11. The number of anilines is 2. The van der Waals surface area contributed by atoms with Gasteiger partial charge in [-0.1, -0.05) is 12.1 Å². The minimum Gasteiger partial charge on any atom is -0.497 e. The molecule has 0 spiro atoms. The van der Waals surface area contributed by atoms with Crippen LogP contribution in [0.2, 0.25) is 0 Å². The molecule has 0 bridgehead atoms. The van der Waals surface area contributed by atoms with Crippen LogP contribution >= 0.6 is 12.4 Å². The Balaban J connectivity index is 0.00000261. The van der Waals surface area contributed by atoms with Crippen LogP contribution in [0.5, 0.6) is 5.75 Å². The Morgan fingerprint density at radius 2 is 1.85 bits per heavy atom. The molecular formula is C20H24ClN3O3. The van der Waals surface area contributed by atoms with Crippen LogP contribution in [0.4, 0.5) is 11.4 Å². The fraction of sp³-hybridized carbons (Fsp3) is 0.300. The van der Waals surface area contributed by atoms with Gasteiger partial charge >= 0.3 is 0 Å². The van der Waals surface area contributed by atoms with Crippen LogP contribution in [0.25, 0.3) is 0 Å². The quantitative estimate of drug-likeness (QED) is 0.707. The molecule has 0 saturated carbocycles. The van der Waals surface area contributed by atoms with Crippen molar-refractivity contribution in [3.63, 3.8) is 0 Å². The van der Waals surface area contributed by atoms with Crippen LogP contribution < -0.4 is 20.7 Å². The molecule has 1 atom stereocenters. The zero-order chi connectivity index (χ0) is 18.4. The van der Waals surface area contributed by atoms with Crippen LogP contribution in [0.1, 0.15) is 29.6 Å². The van der Waals surface area contributed by atoms with Gasteiger partial charge in [-0.25, -0.2) is 0 Å². The molecule has 3 N–H and O–H groups in total. The Hall–Kier alpha value is -2.57. The zero-order valence-corrected chi connectivity index (χ0v) is 16.0. The number of carbonyl (C=O) groups excluding carboxylic acids is 2. The molecule has 3 rings (SSSR count). The Kier molecular flexibility index (Phi) is 7.64. The topological polar surface area (TPSA) is 79.5 Å². The Morgan fingerprint density at radius 3 is 2.52 bits per heavy atom. The van der Waals surface area contributed by atoms with Crippen molar-refractivity contribution < 1.29 is 14.3 Å². The van der Waals surface area contributed by atoms with E-state index in [2.05, 4.69) is 16.0 Å². The number of amides is 2. The van der Waals surface area contributed by atoms with E-state index in [1.165, 1.54) is 0 Å². The third kappa shape index (κ3) is 5.70. The van der Waals surface area contributed by atoms with Gasteiger partial charge in [-0.2, -0.15) is 0 Å². The summed E-state index contributed by atoms with van der Waals surface area (Å²) in [4.78, 5) is 24.9. The van der Waals surface area contributed by atoms with Gasteiger partial charge < -0.3 is 20.7 Å². The van der Waals surface area contributed by atoms with E-state index in [4.69, 9.17) is 4.74 Å². The summed E-state index contributed by atoms with van der Waals surface area (Å²) in [6.45, 7) is 0.957. The van der Waals surface area contributed by atoms with Crippen molar-refractivity contribution in [1.82, 2.24) is 5.32 Å². The largest absolute Gasteiger partial charge is 0.497 e. The number of hydrogen-bond donors (Lipinski definition) is 3. The number of ether oxygens (including phenoxy) is 1. The molecule has 1 unspecified atom stereocenters. The van der Waals surface area contributed by atoms with Gasteiger partial charge in [0.25, 0.3) is 5.91 Å². The first kappa shape index (κ1) is 20.7. The van der Waals surface area contributed by atoms with Crippen molar-refractivity contribution in [3.05, 3.63) is 54.1 Å². The van der Waals surface area contributed by atoms with Crippen LogP contribution in [-0.4, -0.2) is 31.5 Å². The van der Waals surface area contributed by atoms with Gasteiger partial charge in [-0.15, -0.1) is 12.4 Å². The summed E-state index contributed by atoms with van der Waals surface area (Å²) in [6, 6.07) is 14.3. The lowest BCUT2D eigenvalue weighted by atomic mass is 10.1. The van der Waals surface area contributed by atoms with Crippen LogP contribution in [0.3, 0.4) is 0 Å². The average Bonchev–Trinajstić information content (AvgIpc) is 3.15. The number of benzene rings is 2. The van der Waals surface area contributed by atoms with E-state index in [0.717, 1.165) is 25.1 Å². The lowest BCUT2D eigenvalue weighted by molar-refractivity contribution is -0.116. The maximum atomic E-state index is 12.6. The maximum Gasteiger partial charge on any atom is 0.257 e. The summed E-state index contributed by atoms with van der Waals surface area (Å²) in [7, 11) is 1.59. The molecule has 6 nitrogen and oxygen atoms in total. The number of para-hydroxylation sites is 1. The van der Waals surface area contributed by atoms with E-state index in [0.29, 0.717) is 23.4 Å². The Morgan fingerprint density at radius 1 is 1.11 bits per heavy atom. The predicted molar refractivity (Wildman–Crippen MR) is 109 cm³/mol. The van der Waals surface area contributed by atoms with Gasteiger partial charge in [0.1, 0.15) is 5.75 Å². The lowest BCUT2D eigenvalue weighted by Gasteiger charge is -2.13. The van der Waals surface area contributed by atoms with Crippen molar-refractivity contribution in [2.24, 2.45) is 0 Å². The molecule has 2 amide bonds. The standard InChI is InChI=1S/C20H23N3O3.ClH/c1-26-16-10-8-14(9-11-16)22-20(25)17-6-2-3-7-18(17)23-19(24)13-15-5-4-12-21-15;/h2-3,6-11,15,21H,4-5,12-13H2,1H3,(H,22,25)(H,23,24);1H. The number of carbonyl (C=O) groups is 2. The molecule has 0 radical (unpaired) electrons. The number of nitrogens with one attached hydrogen (secondary N) is 3. The first-order valence-electron chi connectivity index (χ1n) is 8.73. The highest BCUT2D eigenvalue weighted by molar-refractivity contribution is 6.10. The highest BCUT2D eigenvalue weighted by Crippen LogP contribution is 2.20. The monoisotopic (exact) mass is 389 g/mol. The molecule has 7 heteroatoms. The number of halogens is 1. The molecule has 1 aliphatic rings. The zero-order valence-electron chi connectivity index (χ0n) is 15.2. The van der Waals surface area contributed by atoms with Gasteiger partial charge in [-0.3, -0.25) is 9.59 Å². The fourth-order valence-corrected chi connectivity index (χ4v) is 3.02. The normalized spacial score (nSPS) is 15.5. The molecule has 1 aliphatic heterocycles. The summed E-state index contributed by atoms with van der Waals surface area (Å²) >= 11 is 0. The van der Waals surface area contributed by atoms with E-state index < -0.39 is 0 Å². The molecule has 1 heterocycles. The summed E-state index contributed by atoms with van der Waals surface area (Å²) in [5.74, 6) is 0.357. The van der Waals surface area contributed by atoms with Gasteiger partial charge in [-0.05, 0) is 55.8 Å². The first-order valence-corrected chi connectivity index (χ1v) is 8.73. The van der Waals surface area contributed by atoms with Gasteiger partial charge in [0, 0.05) is 18.2 Å². The molecule has 1 saturated heterocycles. The van der Waals surface area contributed by atoms with Crippen LogP contribution in [0, 0.1) is 0 Å². The van der Waals surface area contributed by atoms with E-state index in [1.54, 1.807) is 55.6 Å². The van der Waals surface area contributed by atoms with Crippen molar-refractivity contribution >= 4 is 35.6 Å². The minimum absolute atomic E-state index is 0. The molecular weight excluding hydrogens is 366 g/mol. The second kappa shape index (κ2) is 9.94. The predicted octanol–water partition coefficient (Wildman–Crippen LogP) is 3.45. The fourth-order valence-electron chi connectivity index (χ4n) is 3.02. The molecule has 2 aromatic carbocycles. The average molecular weight is 390 g/mol. The van der Waals surface area contributed by atoms with Gasteiger partial charge in [0.15, 0.2) is 0 Å². The summed E-state index contributed by atoms with van der Waals surface area (Å²) in [5, 5.41) is 9.00. The van der Waals surface area contributed by atoms with Crippen molar-refractivity contribution in [1.29, 1.82) is 0 Å². The van der Waals surface area contributed by atoms with E-state index in [9.17, 15) is 9.59 Å². The highest BCUT2D eigenvalue weighted by atomic mass is 35.5. The third-order valence-electron chi connectivity index (χ3n) is 4.39. The molecule has 27 heavy (non-hydrogen) atoms. The Bertz CT molecular complexity index is 774. The lowest BCUT2D eigenvalue weighted by Crippen LogP contribution is -2.28.